The zero-order valence-corrected chi connectivity index (χ0v) is 15.4. The van der Waals surface area contributed by atoms with Gasteiger partial charge in [0.05, 0.1) is 0 Å². The molecule has 1 aromatic heterocycles. The second-order valence-electron chi connectivity index (χ2n) is 6.21. The van der Waals surface area contributed by atoms with Gasteiger partial charge in [0.25, 0.3) is 0 Å². The van der Waals surface area contributed by atoms with Crippen molar-refractivity contribution in [2.24, 2.45) is 0 Å². The monoisotopic (exact) mass is 353 g/mol. The molecular formula is C24H19NS. The Morgan fingerprint density at radius 2 is 1.77 bits per heavy atom. The Hall–Kier alpha value is -2.97. The summed E-state index contributed by atoms with van der Waals surface area (Å²) in [5.41, 5.74) is 5.67. The van der Waals surface area contributed by atoms with E-state index in [4.69, 9.17) is 5.41 Å². The van der Waals surface area contributed by atoms with E-state index in [1.54, 1.807) is 11.3 Å². The van der Waals surface area contributed by atoms with Crippen molar-refractivity contribution < 1.29 is 0 Å². The van der Waals surface area contributed by atoms with Gasteiger partial charge >= 0.3 is 0 Å². The molecule has 0 saturated heterocycles. The molecule has 1 nitrogen and oxygen atoms in total. The van der Waals surface area contributed by atoms with Gasteiger partial charge in [-0.1, -0.05) is 55.1 Å². The fourth-order valence-electron chi connectivity index (χ4n) is 3.43. The van der Waals surface area contributed by atoms with Crippen LogP contribution in [0.1, 0.15) is 18.1 Å². The van der Waals surface area contributed by atoms with Crippen molar-refractivity contribution in [2.75, 3.05) is 0 Å². The molecule has 0 spiro atoms. The first-order chi connectivity index (χ1) is 12.7. The zero-order chi connectivity index (χ0) is 18.1. The van der Waals surface area contributed by atoms with Crippen molar-refractivity contribution in [1.29, 1.82) is 5.41 Å². The predicted octanol–water partition coefficient (Wildman–Crippen LogP) is 7.31. The van der Waals surface area contributed by atoms with Crippen LogP contribution in [0, 0.1) is 5.41 Å². The maximum absolute atomic E-state index is 7.74. The summed E-state index contributed by atoms with van der Waals surface area (Å²) in [7, 11) is 0. The molecule has 1 heterocycles. The molecule has 0 atom stereocenters. The van der Waals surface area contributed by atoms with Crippen molar-refractivity contribution in [1.82, 2.24) is 0 Å². The normalized spacial score (nSPS) is 11.8. The molecule has 0 unspecified atom stereocenters. The molecule has 0 saturated carbocycles. The van der Waals surface area contributed by atoms with Gasteiger partial charge in [0.15, 0.2) is 0 Å². The SMILES string of the molecule is C=C/C(=C\C)c1cccc(-c2ccc3sc4cccc(C=N)c4c3c2)c1. The van der Waals surface area contributed by atoms with Crippen LogP contribution in [0.5, 0.6) is 0 Å². The Labute approximate surface area is 157 Å². The molecule has 0 radical (unpaired) electrons. The van der Waals surface area contributed by atoms with E-state index in [2.05, 4.69) is 61.2 Å². The zero-order valence-electron chi connectivity index (χ0n) is 14.6. The van der Waals surface area contributed by atoms with Crippen LogP contribution in [0.2, 0.25) is 0 Å². The lowest BCUT2D eigenvalue weighted by Crippen LogP contribution is -1.84. The van der Waals surface area contributed by atoms with Crippen LogP contribution in [0.15, 0.2) is 79.4 Å². The largest absolute Gasteiger partial charge is 0.308 e. The Kier molecular flexibility index (Phi) is 4.27. The minimum absolute atomic E-state index is 0.975. The molecule has 0 bridgehead atoms. The van der Waals surface area contributed by atoms with Crippen molar-refractivity contribution in [3.8, 4) is 11.1 Å². The molecule has 2 heteroatoms. The number of rotatable bonds is 4. The molecule has 3 aromatic carbocycles. The first kappa shape index (κ1) is 16.5. The molecule has 26 heavy (non-hydrogen) atoms. The average molecular weight is 353 g/mol. The molecular weight excluding hydrogens is 334 g/mol. The van der Waals surface area contributed by atoms with Crippen LogP contribution in [0.3, 0.4) is 0 Å². The standard InChI is InChI=1S/C24H19NS/c1-3-16(4-2)17-7-5-8-18(13-17)19-11-12-22-21(14-19)24-20(15-25)9-6-10-23(24)26-22/h3-15,25H,1H2,2H3/b16-4+,25-15?. The second-order valence-corrected chi connectivity index (χ2v) is 7.29. The number of fused-ring (bicyclic) bond motifs is 3. The lowest BCUT2D eigenvalue weighted by Gasteiger charge is -2.07. The molecule has 126 valence electrons. The van der Waals surface area contributed by atoms with Crippen molar-refractivity contribution in [3.63, 3.8) is 0 Å². The number of benzene rings is 3. The third-order valence-corrected chi connectivity index (χ3v) is 5.88. The molecule has 0 aliphatic carbocycles. The van der Waals surface area contributed by atoms with E-state index in [1.165, 1.54) is 43.1 Å². The summed E-state index contributed by atoms with van der Waals surface area (Å²) in [6, 6.07) is 21.4. The van der Waals surface area contributed by atoms with Crippen molar-refractivity contribution in [3.05, 3.63) is 90.5 Å². The summed E-state index contributed by atoms with van der Waals surface area (Å²) in [5.74, 6) is 0. The van der Waals surface area contributed by atoms with E-state index < -0.39 is 0 Å². The van der Waals surface area contributed by atoms with Gasteiger partial charge in [-0.15, -0.1) is 11.3 Å². The average Bonchev–Trinajstić information content (AvgIpc) is 3.07. The summed E-state index contributed by atoms with van der Waals surface area (Å²) >= 11 is 1.78. The topological polar surface area (TPSA) is 23.9 Å². The fraction of sp³-hybridized carbons (Fsp3) is 0.0417. The first-order valence-corrected chi connectivity index (χ1v) is 9.42. The van der Waals surface area contributed by atoms with E-state index in [0.717, 1.165) is 11.1 Å². The van der Waals surface area contributed by atoms with Gasteiger partial charge in [-0.25, -0.2) is 0 Å². The quantitative estimate of drug-likeness (QED) is 0.294. The van der Waals surface area contributed by atoms with E-state index in [-0.39, 0.29) is 0 Å². The molecule has 1 N–H and O–H groups in total. The molecule has 4 aromatic rings. The highest BCUT2D eigenvalue weighted by molar-refractivity contribution is 7.25. The lowest BCUT2D eigenvalue weighted by molar-refractivity contribution is 1.56. The molecule has 0 amide bonds. The maximum Gasteiger partial charge on any atom is 0.0361 e. The Morgan fingerprint density at radius 3 is 2.54 bits per heavy atom. The van der Waals surface area contributed by atoms with E-state index in [1.807, 2.05) is 25.1 Å². The van der Waals surface area contributed by atoms with Gasteiger partial charge < -0.3 is 5.41 Å². The van der Waals surface area contributed by atoms with Crippen LogP contribution in [-0.2, 0) is 0 Å². The van der Waals surface area contributed by atoms with Gasteiger partial charge in [-0.2, -0.15) is 0 Å². The highest BCUT2D eigenvalue weighted by atomic mass is 32.1. The van der Waals surface area contributed by atoms with Gasteiger partial charge in [0.2, 0.25) is 0 Å². The number of hydrogen-bond donors (Lipinski definition) is 1. The highest BCUT2D eigenvalue weighted by Crippen LogP contribution is 2.38. The number of hydrogen-bond acceptors (Lipinski definition) is 2. The van der Waals surface area contributed by atoms with Crippen LogP contribution >= 0.6 is 11.3 Å². The number of nitrogens with one attached hydrogen (secondary N) is 1. The van der Waals surface area contributed by atoms with Gasteiger partial charge in [-0.05, 0) is 53.5 Å². The van der Waals surface area contributed by atoms with E-state index >= 15 is 0 Å². The summed E-state index contributed by atoms with van der Waals surface area (Å²) in [5, 5.41) is 10.1. The van der Waals surface area contributed by atoms with E-state index in [9.17, 15) is 0 Å². The molecule has 0 aliphatic heterocycles. The molecule has 0 fully saturated rings. The van der Waals surface area contributed by atoms with Gasteiger partial charge in [-0.3, -0.25) is 0 Å². The Balaban J connectivity index is 1.93. The highest BCUT2D eigenvalue weighted by Gasteiger charge is 2.10. The van der Waals surface area contributed by atoms with Crippen molar-refractivity contribution in [2.45, 2.75) is 6.92 Å². The maximum atomic E-state index is 7.74. The summed E-state index contributed by atoms with van der Waals surface area (Å²) in [6.07, 6.45) is 5.42. The smallest absolute Gasteiger partial charge is 0.0361 e. The minimum Gasteiger partial charge on any atom is -0.308 e. The van der Waals surface area contributed by atoms with Crippen molar-refractivity contribution >= 4 is 43.3 Å². The fourth-order valence-corrected chi connectivity index (χ4v) is 4.56. The van der Waals surface area contributed by atoms with E-state index in [0.29, 0.717) is 0 Å². The second kappa shape index (κ2) is 6.74. The van der Waals surface area contributed by atoms with Crippen LogP contribution in [0.25, 0.3) is 36.9 Å². The van der Waals surface area contributed by atoms with Gasteiger partial charge in [0.1, 0.15) is 0 Å². The van der Waals surface area contributed by atoms with Crippen LogP contribution in [-0.4, -0.2) is 6.21 Å². The van der Waals surface area contributed by atoms with Gasteiger partial charge in [0, 0.05) is 32.0 Å². The lowest BCUT2D eigenvalue weighted by atomic mass is 9.97. The Morgan fingerprint density at radius 1 is 0.962 bits per heavy atom. The first-order valence-electron chi connectivity index (χ1n) is 8.60. The summed E-state index contributed by atoms with van der Waals surface area (Å²) < 4.78 is 2.49. The number of thiophene rings is 1. The van der Waals surface area contributed by atoms with Crippen LogP contribution < -0.4 is 0 Å². The third kappa shape index (κ3) is 2.69. The van der Waals surface area contributed by atoms with Crippen LogP contribution in [0.4, 0.5) is 0 Å². The summed E-state index contributed by atoms with van der Waals surface area (Å²) in [6.45, 7) is 5.94. The predicted molar refractivity (Wildman–Crippen MR) is 117 cm³/mol. The third-order valence-electron chi connectivity index (χ3n) is 4.74. The number of allylic oxidation sites excluding steroid dienone is 3. The minimum atomic E-state index is 0.975. The summed E-state index contributed by atoms with van der Waals surface area (Å²) in [4.78, 5) is 0. The molecule has 0 aliphatic rings. The Bertz CT molecular complexity index is 1180. The molecule has 4 rings (SSSR count).